The van der Waals surface area contributed by atoms with Crippen LogP contribution in [0.4, 0.5) is 13.2 Å². The molecule has 0 amide bonds. The van der Waals surface area contributed by atoms with Gasteiger partial charge in [0.1, 0.15) is 0 Å². The Kier molecular flexibility index (Phi) is 2.75. The molecule has 4 atom stereocenters. The van der Waals surface area contributed by atoms with E-state index in [4.69, 9.17) is 0 Å². The first-order chi connectivity index (χ1) is 11.8. The molecule has 3 nitrogen and oxygen atoms in total. The summed E-state index contributed by atoms with van der Waals surface area (Å²) >= 11 is 0. The maximum atomic E-state index is 13.2. The van der Waals surface area contributed by atoms with Crippen molar-refractivity contribution in [3.63, 3.8) is 0 Å². The summed E-state index contributed by atoms with van der Waals surface area (Å²) in [7, 11) is 0. The van der Waals surface area contributed by atoms with Crippen molar-refractivity contribution >= 4 is 0 Å². The van der Waals surface area contributed by atoms with Crippen LogP contribution in [0.5, 0.6) is 11.8 Å². The van der Waals surface area contributed by atoms with Crippen LogP contribution >= 0.6 is 0 Å². The van der Waals surface area contributed by atoms with Gasteiger partial charge in [-0.3, -0.25) is 4.57 Å². The van der Waals surface area contributed by atoms with Gasteiger partial charge in [-0.15, -0.1) is 0 Å². The van der Waals surface area contributed by atoms with Crippen LogP contribution in [0.2, 0.25) is 0 Å². The summed E-state index contributed by atoms with van der Waals surface area (Å²) < 4.78 is 40.9. The standard InChI is InChI=1S/C19H18F3NO2/c1-8-13(19(20,21)22)3-2-4-14(8)23-17(24)15-9-5-6-10(12-7-11(9)12)16(15)18(23)25/h2-4,9-12,24-25H,5-7H2,1H3/t9-,10+,11+,12-. The lowest BCUT2D eigenvalue weighted by Crippen LogP contribution is -2.22. The van der Waals surface area contributed by atoms with Gasteiger partial charge in [0.2, 0.25) is 11.8 Å². The Morgan fingerprint density at radius 1 is 1.00 bits per heavy atom. The Bertz CT molecular complexity index is 860. The average molecular weight is 349 g/mol. The molecule has 2 saturated carbocycles. The van der Waals surface area contributed by atoms with Crippen LogP contribution in [-0.4, -0.2) is 14.8 Å². The topological polar surface area (TPSA) is 45.4 Å². The zero-order chi connectivity index (χ0) is 17.7. The van der Waals surface area contributed by atoms with Gasteiger partial charge in [-0.1, -0.05) is 6.07 Å². The van der Waals surface area contributed by atoms with Crippen molar-refractivity contribution in [3.8, 4) is 17.4 Å². The fourth-order valence-corrected chi connectivity index (χ4v) is 5.38. The van der Waals surface area contributed by atoms with Crippen LogP contribution in [0.25, 0.3) is 5.69 Å². The maximum Gasteiger partial charge on any atom is 0.416 e. The maximum absolute atomic E-state index is 13.2. The van der Waals surface area contributed by atoms with Gasteiger partial charge in [0, 0.05) is 11.1 Å². The van der Waals surface area contributed by atoms with Crippen molar-refractivity contribution in [3.05, 3.63) is 40.5 Å². The lowest BCUT2D eigenvalue weighted by atomic mass is 9.68. The smallest absolute Gasteiger partial charge is 0.416 e. The van der Waals surface area contributed by atoms with Crippen molar-refractivity contribution in [1.82, 2.24) is 4.57 Å². The van der Waals surface area contributed by atoms with Crippen LogP contribution in [0.1, 0.15) is 53.4 Å². The predicted octanol–water partition coefficient (Wildman–Crippen LogP) is 4.83. The van der Waals surface area contributed by atoms with E-state index in [1.807, 2.05) is 0 Å². The molecule has 6 heteroatoms. The molecule has 0 spiro atoms. The van der Waals surface area contributed by atoms with E-state index in [1.54, 1.807) is 0 Å². The monoisotopic (exact) mass is 349 g/mol. The molecule has 132 valence electrons. The van der Waals surface area contributed by atoms with Gasteiger partial charge in [-0.05, 0) is 67.6 Å². The van der Waals surface area contributed by atoms with Crippen molar-refractivity contribution in [2.75, 3.05) is 0 Å². The Hall–Kier alpha value is -2.11. The second-order valence-electron chi connectivity index (χ2n) is 7.61. The number of nitrogens with zero attached hydrogens (tertiary/aromatic N) is 1. The van der Waals surface area contributed by atoms with Crippen molar-refractivity contribution < 1.29 is 23.4 Å². The molecule has 0 aliphatic heterocycles. The van der Waals surface area contributed by atoms with Crippen LogP contribution in [0.3, 0.4) is 0 Å². The van der Waals surface area contributed by atoms with E-state index in [1.165, 1.54) is 23.6 Å². The Morgan fingerprint density at radius 3 is 2.08 bits per heavy atom. The lowest BCUT2D eigenvalue weighted by Gasteiger charge is -2.35. The second-order valence-corrected chi connectivity index (χ2v) is 7.61. The van der Waals surface area contributed by atoms with Crippen LogP contribution < -0.4 is 0 Å². The molecule has 4 aliphatic rings. The number of aromatic hydroxyl groups is 2. The summed E-state index contributed by atoms with van der Waals surface area (Å²) in [6.07, 6.45) is -1.38. The normalized spacial score (nSPS) is 29.4. The third kappa shape index (κ3) is 1.82. The number of hydrogen-bond donors (Lipinski definition) is 2. The van der Waals surface area contributed by atoms with Crippen LogP contribution in [0, 0.1) is 18.8 Å². The molecular formula is C19H18F3NO2. The minimum Gasteiger partial charge on any atom is -0.494 e. The van der Waals surface area contributed by atoms with E-state index >= 15 is 0 Å². The fourth-order valence-electron chi connectivity index (χ4n) is 5.38. The Balaban J connectivity index is 1.74. The van der Waals surface area contributed by atoms with Gasteiger partial charge in [0.15, 0.2) is 0 Å². The van der Waals surface area contributed by atoms with Gasteiger partial charge in [-0.25, -0.2) is 0 Å². The zero-order valence-electron chi connectivity index (χ0n) is 13.6. The average Bonchev–Trinajstić information content (AvgIpc) is 3.32. The molecule has 2 bridgehead atoms. The number of rotatable bonds is 1. The molecule has 1 heterocycles. The highest BCUT2D eigenvalue weighted by atomic mass is 19.4. The largest absolute Gasteiger partial charge is 0.494 e. The molecule has 2 fully saturated rings. The van der Waals surface area contributed by atoms with Crippen LogP contribution in [0.15, 0.2) is 18.2 Å². The summed E-state index contributed by atoms with van der Waals surface area (Å²) in [5.41, 5.74) is 0.979. The van der Waals surface area contributed by atoms with Crippen molar-refractivity contribution in [2.45, 2.75) is 44.2 Å². The predicted molar refractivity (Wildman–Crippen MR) is 85.2 cm³/mol. The van der Waals surface area contributed by atoms with Gasteiger partial charge in [0.25, 0.3) is 0 Å². The third-order valence-electron chi connectivity index (χ3n) is 6.50. The quantitative estimate of drug-likeness (QED) is 0.775. The molecule has 25 heavy (non-hydrogen) atoms. The summed E-state index contributed by atoms with van der Waals surface area (Å²) in [4.78, 5) is 0. The molecule has 2 aromatic rings. The first-order valence-electron chi connectivity index (χ1n) is 8.64. The van der Waals surface area contributed by atoms with E-state index in [0.29, 0.717) is 11.8 Å². The Labute approximate surface area is 142 Å². The summed E-state index contributed by atoms with van der Waals surface area (Å²) in [5.74, 6) is 1.40. The van der Waals surface area contributed by atoms with Crippen molar-refractivity contribution in [1.29, 1.82) is 0 Å². The number of aromatic nitrogens is 1. The summed E-state index contributed by atoms with van der Waals surface area (Å²) in [5, 5.41) is 21.6. The molecule has 4 aliphatic carbocycles. The second kappa shape index (κ2) is 4.54. The fraction of sp³-hybridized carbons (Fsp3) is 0.474. The molecule has 0 unspecified atom stereocenters. The number of hydrogen-bond acceptors (Lipinski definition) is 2. The molecule has 1 aromatic carbocycles. The minimum absolute atomic E-state index is 0.00505. The number of halogens is 3. The van der Waals surface area contributed by atoms with Gasteiger partial charge in [0.05, 0.1) is 11.3 Å². The van der Waals surface area contributed by atoms with E-state index in [9.17, 15) is 23.4 Å². The van der Waals surface area contributed by atoms with E-state index in [0.717, 1.165) is 36.5 Å². The molecular weight excluding hydrogens is 331 g/mol. The summed E-state index contributed by atoms with van der Waals surface area (Å²) in [6, 6.07) is 3.85. The highest BCUT2D eigenvalue weighted by Gasteiger charge is 2.59. The van der Waals surface area contributed by atoms with Gasteiger partial charge < -0.3 is 10.2 Å². The first kappa shape index (κ1) is 15.2. The first-order valence-corrected chi connectivity index (χ1v) is 8.64. The van der Waals surface area contributed by atoms with Gasteiger partial charge >= 0.3 is 6.18 Å². The van der Waals surface area contributed by atoms with E-state index < -0.39 is 11.7 Å². The van der Waals surface area contributed by atoms with Crippen LogP contribution in [-0.2, 0) is 6.18 Å². The molecule has 6 rings (SSSR count). The SMILES string of the molecule is Cc1c(-n2c(O)c3c(c2O)[C@@H]2CC[C@H]3[C@H]3C[C@H]32)cccc1C(F)(F)F. The van der Waals surface area contributed by atoms with Gasteiger partial charge in [-0.2, -0.15) is 13.2 Å². The number of alkyl halides is 3. The number of fused-ring (bicyclic) bond motifs is 1. The van der Waals surface area contributed by atoms with E-state index in [-0.39, 0.29) is 34.8 Å². The molecule has 1 aromatic heterocycles. The third-order valence-corrected chi connectivity index (χ3v) is 6.50. The number of benzene rings is 1. The highest BCUT2D eigenvalue weighted by Crippen LogP contribution is 2.70. The molecule has 0 saturated heterocycles. The van der Waals surface area contributed by atoms with E-state index in [2.05, 4.69) is 0 Å². The zero-order valence-corrected chi connectivity index (χ0v) is 13.6. The highest BCUT2D eigenvalue weighted by molar-refractivity contribution is 5.61. The Morgan fingerprint density at radius 2 is 1.56 bits per heavy atom. The van der Waals surface area contributed by atoms with Crippen molar-refractivity contribution in [2.24, 2.45) is 11.8 Å². The lowest BCUT2D eigenvalue weighted by molar-refractivity contribution is -0.138. The minimum atomic E-state index is -4.47. The summed E-state index contributed by atoms with van der Waals surface area (Å²) in [6.45, 7) is 1.38. The molecule has 2 N–H and O–H groups in total. The molecule has 0 radical (unpaired) electrons.